The maximum Gasteiger partial charge on any atom is 0.289 e. The fourth-order valence-corrected chi connectivity index (χ4v) is 4.90. The fraction of sp³-hybridized carbons (Fsp3) is 0.158. The van der Waals surface area contributed by atoms with Gasteiger partial charge in [-0.2, -0.15) is 4.99 Å². The Bertz CT molecular complexity index is 1300. The molecule has 2 aromatic carbocycles. The molecule has 7 nitrogen and oxygen atoms in total. The monoisotopic (exact) mass is 413 g/mol. The molecule has 0 fully saturated rings. The zero-order valence-electron chi connectivity index (χ0n) is 15.0. The van der Waals surface area contributed by atoms with Crippen LogP contribution in [0.4, 0.5) is 5.69 Å². The average molecular weight is 413 g/mol. The molecule has 0 saturated heterocycles. The number of fused-ring (bicyclic) bond motifs is 2. The lowest BCUT2D eigenvalue weighted by atomic mass is 10.2. The van der Waals surface area contributed by atoms with Gasteiger partial charge in [-0.15, -0.1) is 11.3 Å². The van der Waals surface area contributed by atoms with E-state index in [1.807, 2.05) is 36.7 Å². The standard InChI is InChI=1S/C19H15N3O4S2/c1-3-26-13-5-4-6-15-17(13)21(2)19(28-15)20-18(23)16-10-11-9-12(22(24)25)7-8-14(11)27-16/h4-10H,3H2,1-2H3. The molecule has 9 heteroatoms. The van der Waals surface area contributed by atoms with Crippen molar-refractivity contribution in [2.24, 2.45) is 12.0 Å². The Hall–Kier alpha value is -3.04. The topological polar surface area (TPSA) is 86.7 Å². The first-order valence-electron chi connectivity index (χ1n) is 8.46. The number of aromatic nitrogens is 1. The number of thiazole rings is 1. The molecule has 0 N–H and O–H groups in total. The molecule has 2 heterocycles. The Morgan fingerprint density at radius 1 is 1.21 bits per heavy atom. The molecule has 28 heavy (non-hydrogen) atoms. The summed E-state index contributed by atoms with van der Waals surface area (Å²) in [5.41, 5.74) is 0.897. The van der Waals surface area contributed by atoms with E-state index in [2.05, 4.69) is 4.99 Å². The largest absolute Gasteiger partial charge is 0.492 e. The predicted molar refractivity (Wildman–Crippen MR) is 110 cm³/mol. The second-order valence-electron chi connectivity index (χ2n) is 5.99. The smallest absolute Gasteiger partial charge is 0.289 e. The maximum atomic E-state index is 12.7. The van der Waals surface area contributed by atoms with E-state index in [0.29, 0.717) is 21.7 Å². The molecule has 0 radical (unpaired) electrons. The third-order valence-electron chi connectivity index (χ3n) is 4.20. The van der Waals surface area contributed by atoms with E-state index in [9.17, 15) is 14.9 Å². The van der Waals surface area contributed by atoms with Gasteiger partial charge < -0.3 is 9.30 Å². The highest BCUT2D eigenvalue weighted by Crippen LogP contribution is 2.30. The first-order valence-corrected chi connectivity index (χ1v) is 10.1. The first kappa shape index (κ1) is 18.3. The molecule has 4 rings (SSSR count). The van der Waals surface area contributed by atoms with Crippen molar-refractivity contribution in [2.45, 2.75) is 6.92 Å². The summed E-state index contributed by atoms with van der Waals surface area (Å²) in [6, 6.07) is 12.0. The zero-order valence-corrected chi connectivity index (χ0v) is 16.7. The van der Waals surface area contributed by atoms with Crippen LogP contribution in [0.25, 0.3) is 20.3 Å². The van der Waals surface area contributed by atoms with E-state index in [0.717, 1.165) is 20.7 Å². The third-order valence-corrected chi connectivity index (χ3v) is 6.41. The summed E-state index contributed by atoms with van der Waals surface area (Å²) in [6.45, 7) is 2.47. The van der Waals surface area contributed by atoms with Crippen molar-refractivity contribution < 1.29 is 14.5 Å². The Morgan fingerprint density at radius 2 is 2.04 bits per heavy atom. The highest BCUT2D eigenvalue weighted by Gasteiger charge is 2.14. The molecule has 142 valence electrons. The minimum absolute atomic E-state index is 0.000553. The summed E-state index contributed by atoms with van der Waals surface area (Å²) in [7, 11) is 1.85. The number of carbonyl (C=O) groups excluding carboxylic acids is 1. The Labute approximate surface area is 167 Å². The van der Waals surface area contributed by atoms with Crippen LogP contribution in [-0.4, -0.2) is 22.0 Å². The number of ether oxygens (including phenoxy) is 1. The number of aryl methyl sites for hydroxylation is 1. The van der Waals surface area contributed by atoms with Crippen molar-refractivity contribution >= 4 is 54.6 Å². The quantitative estimate of drug-likeness (QED) is 0.364. The predicted octanol–water partition coefficient (Wildman–Crippen LogP) is 4.50. The summed E-state index contributed by atoms with van der Waals surface area (Å²) in [4.78, 5) is 28.5. The number of amides is 1. The van der Waals surface area contributed by atoms with Gasteiger partial charge in [-0.25, -0.2) is 0 Å². The average Bonchev–Trinajstić information content (AvgIpc) is 3.23. The normalized spacial score (nSPS) is 12.0. The van der Waals surface area contributed by atoms with E-state index in [4.69, 9.17) is 4.74 Å². The molecule has 0 unspecified atom stereocenters. The van der Waals surface area contributed by atoms with Crippen molar-refractivity contribution in [3.8, 4) is 5.75 Å². The second kappa shape index (κ2) is 7.17. The molecule has 0 saturated carbocycles. The molecule has 0 aliphatic rings. The molecule has 4 aromatic rings. The second-order valence-corrected chi connectivity index (χ2v) is 8.08. The third kappa shape index (κ3) is 3.19. The summed E-state index contributed by atoms with van der Waals surface area (Å²) < 4.78 is 9.32. The molecular formula is C19H15N3O4S2. The van der Waals surface area contributed by atoms with Crippen LogP contribution < -0.4 is 9.54 Å². The number of rotatable bonds is 4. The van der Waals surface area contributed by atoms with Gasteiger partial charge >= 0.3 is 0 Å². The number of hydrogen-bond donors (Lipinski definition) is 0. The lowest BCUT2D eigenvalue weighted by molar-refractivity contribution is -0.384. The van der Waals surface area contributed by atoms with Crippen molar-refractivity contribution in [1.29, 1.82) is 0 Å². The highest BCUT2D eigenvalue weighted by molar-refractivity contribution is 7.21. The Morgan fingerprint density at radius 3 is 2.79 bits per heavy atom. The van der Waals surface area contributed by atoms with Gasteiger partial charge in [0, 0.05) is 29.3 Å². The van der Waals surface area contributed by atoms with E-state index >= 15 is 0 Å². The van der Waals surface area contributed by atoms with E-state index in [1.54, 1.807) is 12.1 Å². The summed E-state index contributed by atoms with van der Waals surface area (Å²) in [5, 5.41) is 11.6. The molecular weight excluding hydrogens is 398 g/mol. The molecule has 1 amide bonds. The van der Waals surface area contributed by atoms with Gasteiger partial charge in [0.1, 0.15) is 11.3 Å². The van der Waals surface area contributed by atoms with Gasteiger partial charge in [-0.3, -0.25) is 14.9 Å². The molecule has 0 spiro atoms. The molecule has 0 aliphatic heterocycles. The molecule has 0 atom stereocenters. The van der Waals surface area contributed by atoms with Crippen molar-refractivity contribution in [3.05, 3.63) is 62.3 Å². The van der Waals surface area contributed by atoms with Gasteiger partial charge in [0.05, 0.1) is 21.1 Å². The first-order chi connectivity index (χ1) is 13.5. The number of benzene rings is 2. The number of nitrogens with zero attached hydrogens (tertiary/aromatic N) is 3. The van der Waals surface area contributed by atoms with Gasteiger partial charge in [0.15, 0.2) is 4.80 Å². The number of nitro benzene ring substituents is 1. The lowest BCUT2D eigenvalue weighted by Crippen LogP contribution is -2.13. The van der Waals surface area contributed by atoms with Gasteiger partial charge in [0.25, 0.3) is 11.6 Å². The minimum Gasteiger partial charge on any atom is -0.492 e. The van der Waals surface area contributed by atoms with Crippen molar-refractivity contribution in [3.63, 3.8) is 0 Å². The summed E-state index contributed by atoms with van der Waals surface area (Å²) in [6.07, 6.45) is 0. The molecule has 0 bridgehead atoms. The number of carbonyl (C=O) groups is 1. The van der Waals surface area contributed by atoms with Crippen LogP contribution in [-0.2, 0) is 7.05 Å². The Balaban J connectivity index is 1.78. The maximum absolute atomic E-state index is 12.7. The fourth-order valence-electron chi connectivity index (χ4n) is 2.94. The van der Waals surface area contributed by atoms with Crippen LogP contribution in [0.15, 0.2) is 47.5 Å². The van der Waals surface area contributed by atoms with E-state index < -0.39 is 4.92 Å². The van der Waals surface area contributed by atoms with Crippen LogP contribution in [0.2, 0.25) is 0 Å². The number of thiophene rings is 1. The van der Waals surface area contributed by atoms with Crippen molar-refractivity contribution in [1.82, 2.24) is 4.57 Å². The van der Waals surface area contributed by atoms with Crippen molar-refractivity contribution in [2.75, 3.05) is 6.61 Å². The molecule has 2 aromatic heterocycles. The number of hydrogen-bond acceptors (Lipinski definition) is 6. The minimum atomic E-state index is -0.448. The van der Waals surface area contributed by atoms with Crippen LogP contribution in [0.5, 0.6) is 5.75 Å². The van der Waals surface area contributed by atoms with E-state index in [1.165, 1.54) is 34.8 Å². The SMILES string of the molecule is CCOc1cccc2sc(=NC(=O)c3cc4cc([N+](=O)[O-])ccc4s3)n(C)c12. The van der Waals surface area contributed by atoms with E-state index in [-0.39, 0.29) is 11.6 Å². The highest BCUT2D eigenvalue weighted by atomic mass is 32.1. The van der Waals surface area contributed by atoms with Gasteiger partial charge in [-0.05, 0) is 31.2 Å². The van der Waals surface area contributed by atoms with Crippen LogP contribution in [0.3, 0.4) is 0 Å². The summed E-state index contributed by atoms with van der Waals surface area (Å²) in [5.74, 6) is 0.380. The van der Waals surface area contributed by atoms with Gasteiger partial charge in [-0.1, -0.05) is 17.4 Å². The van der Waals surface area contributed by atoms with Crippen LogP contribution in [0, 0.1) is 10.1 Å². The summed E-state index contributed by atoms with van der Waals surface area (Å²) >= 11 is 2.68. The zero-order chi connectivity index (χ0) is 19.8. The molecule has 0 aliphatic carbocycles. The van der Waals surface area contributed by atoms with Gasteiger partial charge in [0.2, 0.25) is 0 Å². The number of non-ortho nitro benzene ring substituents is 1. The number of nitro groups is 1. The lowest BCUT2D eigenvalue weighted by Gasteiger charge is -2.05. The Kier molecular flexibility index (Phi) is 4.70. The van der Waals surface area contributed by atoms with Crippen LogP contribution in [0.1, 0.15) is 16.6 Å². The van der Waals surface area contributed by atoms with Crippen LogP contribution >= 0.6 is 22.7 Å². The number of para-hydroxylation sites is 1.